The van der Waals surface area contributed by atoms with E-state index in [1.807, 2.05) is 6.92 Å². The van der Waals surface area contributed by atoms with Crippen LogP contribution in [0.2, 0.25) is 0 Å². The number of hydrogen-bond acceptors (Lipinski definition) is 4. The third kappa shape index (κ3) is 4.81. The molecule has 0 aliphatic heterocycles. The molecule has 3 aromatic rings. The Bertz CT molecular complexity index is 1060. The van der Waals surface area contributed by atoms with Gasteiger partial charge in [0.25, 0.3) is 0 Å². The summed E-state index contributed by atoms with van der Waals surface area (Å²) in [6.45, 7) is 3.49. The van der Waals surface area contributed by atoms with E-state index >= 15 is 0 Å². The number of carbonyl (C=O) groups is 1. The lowest BCUT2D eigenvalue weighted by Gasteiger charge is -2.12. The highest BCUT2D eigenvalue weighted by Crippen LogP contribution is 2.34. The van der Waals surface area contributed by atoms with Crippen LogP contribution in [-0.2, 0) is 24.2 Å². The molecule has 158 valence electrons. The van der Waals surface area contributed by atoms with E-state index in [1.54, 1.807) is 19.1 Å². The van der Waals surface area contributed by atoms with Gasteiger partial charge in [-0.15, -0.1) is 0 Å². The van der Waals surface area contributed by atoms with Crippen LogP contribution in [0.5, 0.6) is 5.75 Å². The van der Waals surface area contributed by atoms with Gasteiger partial charge >= 0.3 is 5.97 Å². The predicted molar refractivity (Wildman–Crippen MR) is 108 cm³/mol. The van der Waals surface area contributed by atoms with Crippen molar-refractivity contribution in [2.75, 3.05) is 0 Å². The molecule has 0 unspecified atom stereocenters. The van der Waals surface area contributed by atoms with Gasteiger partial charge in [0.05, 0.1) is 10.6 Å². The SMILES string of the molecule is CCc1nsc(-c2ccc(C)cc2F)c1COc1c(F)cc(CCC(=O)O)cc1F. The molecule has 2 aromatic carbocycles. The summed E-state index contributed by atoms with van der Waals surface area (Å²) in [7, 11) is 0. The lowest BCUT2D eigenvalue weighted by atomic mass is 10.0. The Labute approximate surface area is 176 Å². The zero-order valence-corrected chi connectivity index (χ0v) is 17.3. The van der Waals surface area contributed by atoms with Crippen LogP contribution >= 0.6 is 11.5 Å². The van der Waals surface area contributed by atoms with Gasteiger partial charge < -0.3 is 9.84 Å². The second-order valence-corrected chi connectivity index (χ2v) is 7.62. The Morgan fingerprint density at radius 1 is 1.13 bits per heavy atom. The van der Waals surface area contributed by atoms with E-state index in [2.05, 4.69) is 4.37 Å². The monoisotopic (exact) mass is 435 g/mol. The van der Waals surface area contributed by atoms with E-state index in [4.69, 9.17) is 9.84 Å². The third-order valence-electron chi connectivity index (χ3n) is 4.62. The standard InChI is InChI=1S/C22H20F3NO3S/c1-3-19-15(22(30-26-19)14-6-4-12(2)8-16(14)23)11-29-21-17(24)9-13(10-18(21)25)5-7-20(27)28/h4,6,8-10H,3,5,7,11H2,1-2H3,(H,27,28). The fourth-order valence-corrected chi connectivity index (χ4v) is 4.07. The largest absolute Gasteiger partial charge is 0.483 e. The maximum absolute atomic E-state index is 14.5. The average molecular weight is 435 g/mol. The molecule has 1 N–H and O–H groups in total. The number of carboxylic acids is 1. The molecule has 0 bridgehead atoms. The van der Waals surface area contributed by atoms with Crippen LogP contribution in [0.4, 0.5) is 13.2 Å². The summed E-state index contributed by atoms with van der Waals surface area (Å²) in [6.07, 6.45) is 0.335. The van der Waals surface area contributed by atoms with E-state index in [1.165, 1.54) is 6.07 Å². The molecule has 0 amide bonds. The minimum absolute atomic E-state index is 0.00867. The Morgan fingerprint density at radius 3 is 2.43 bits per heavy atom. The molecule has 0 aliphatic carbocycles. The quantitative estimate of drug-likeness (QED) is 0.494. The minimum atomic E-state index is -1.05. The highest BCUT2D eigenvalue weighted by molar-refractivity contribution is 7.09. The number of aryl methyl sites for hydroxylation is 3. The summed E-state index contributed by atoms with van der Waals surface area (Å²) >= 11 is 1.12. The molecule has 3 rings (SSSR count). The number of benzene rings is 2. The number of rotatable bonds is 8. The molecule has 8 heteroatoms. The van der Waals surface area contributed by atoms with E-state index < -0.39 is 29.2 Å². The van der Waals surface area contributed by atoms with Gasteiger partial charge in [-0.1, -0.05) is 19.1 Å². The molecular weight excluding hydrogens is 415 g/mol. The topological polar surface area (TPSA) is 59.4 Å². The number of nitrogens with zero attached hydrogens (tertiary/aromatic N) is 1. The van der Waals surface area contributed by atoms with Crippen molar-refractivity contribution in [3.63, 3.8) is 0 Å². The normalized spacial score (nSPS) is 11.0. The van der Waals surface area contributed by atoms with Crippen LogP contribution in [-0.4, -0.2) is 15.4 Å². The van der Waals surface area contributed by atoms with Crippen molar-refractivity contribution in [3.8, 4) is 16.2 Å². The van der Waals surface area contributed by atoms with Crippen LogP contribution < -0.4 is 4.74 Å². The first-order valence-electron chi connectivity index (χ1n) is 9.36. The molecule has 0 radical (unpaired) electrons. The van der Waals surface area contributed by atoms with Gasteiger partial charge in [-0.2, -0.15) is 4.37 Å². The van der Waals surface area contributed by atoms with Crippen LogP contribution in [0.15, 0.2) is 30.3 Å². The first-order chi connectivity index (χ1) is 14.3. The number of aromatic nitrogens is 1. The zero-order chi connectivity index (χ0) is 21.8. The van der Waals surface area contributed by atoms with Crippen molar-refractivity contribution in [1.29, 1.82) is 0 Å². The zero-order valence-electron chi connectivity index (χ0n) is 16.5. The predicted octanol–water partition coefficient (Wildman–Crippen LogP) is 5.69. The lowest BCUT2D eigenvalue weighted by molar-refractivity contribution is -0.136. The number of carboxylic acid groups (broad SMARTS) is 1. The molecule has 0 saturated carbocycles. The van der Waals surface area contributed by atoms with Crippen LogP contribution in [0, 0.1) is 24.4 Å². The third-order valence-corrected chi connectivity index (χ3v) is 5.58. The highest BCUT2D eigenvalue weighted by Gasteiger charge is 2.20. The Balaban J connectivity index is 1.87. The van der Waals surface area contributed by atoms with Gasteiger partial charge in [0.15, 0.2) is 17.4 Å². The fourth-order valence-electron chi connectivity index (χ4n) is 3.08. The average Bonchev–Trinajstić information content (AvgIpc) is 3.08. The van der Waals surface area contributed by atoms with E-state index in [-0.39, 0.29) is 25.0 Å². The summed E-state index contributed by atoms with van der Waals surface area (Å²) in [4.78, 5) is 11.2. The Hall–Kier alpha value is -2.87. The molecule has 1 heterocycles. The summed E-state index contributed by atoms with van der Waals surface area (Å²) < 4.78 is 53.0. The maximum atomic E-state index is 14.5. The number of aliphatic carboxylic acids is 1. The van der Waals surface area contributed by atoms with Crippen LogP contribution in [0.1, 0.15) is 35.7 Å². The summed E-state index contributed by atoms with van der Waals surface area (Å²) in [5.41, 5.74) is 2.63. The van der Waals surface area contributed by atoms with Crippen molar-refractivity contribution in [2.45, 2.75) is 39.7 Å². The van der Waals surface area contributed by atoms with E-state index in [9.17, 15) is 18.0 Å². The summed E-state index contributed by atoms with van der Waals surface area (Å²) in [5.74, 6) is -3.84. The molecule has 0 fully saturated rings. The number of ether oxygens (including phenoxy) is 1. The van der Waals surface area contributed by atoms with Gasteiger partial charge in [-0.3, -0.25) is 4.79 Å². The fraction of sp³-hybridized carbons (Fsp3) is 0.273. The maximum Gasteiger partial charge on any atom is 0.303 e. The molecule has 1 aromatic heterocycles. The molecule has 0 aliphatic rings. The minimum Gasteiger partial charge on any atom is -0.483 e. The van der Waals surface area contributed by atoms with Crippen LogP contribution in [0.3, 0.4) is 0 Å². The highest BCUT2D eigenvalue weighted by atomic mass is 32.1. The van der Waals surface area contributed by atoms with E-state index in [0.29, 0.717) is 28.1 Å². The first-order valence-corrected chi connectivity index (χ1v) is 10.1. The van der Waals surface area contributed by atoms with Gasteiger partial charge in [0.1, 0.15) is 12.4 Å². The molecule has 30 heavy (non-hydrogen) atoms. The van der Waals surface area contributed by atoms with Crippen molar-refractivity contribution in [1.82, 2.24) is 4.37 Å². The molecule has 4 nitrogen and oxygen atoms in total. The second kappa shape index (κ2) is 9.30. The lowest BCUT2D eigenvalue weighted by Crippen LogP contribution is -2.04. The van der Waals surface area contributed by atoms with Crippen molar-refractivity contribution in [2.24, 2.45) is 0 Å². The van der Waals surface area contributed by atoms with Crippen molar-refractivity contribution in [3.05, 3.63) is 70.2 Å². The first kappa shape index (κ1) is 21.8. The second-order valence-electron chi connectivity index (χ2n) is 6.84. The smallest absolute Gasteiger partial charge is 0.303 e. The Kier molecular flexibility index (Phi) is 6.77. The summed E-state index contributed by atoms with van der Waals surface area (Å²) in [5, 5.41) is 8.72. The molecular formula is C22H20F3NO3S. The van der Waals surface area contributed by atoms with Gasteiger partial charge in [-0.05, 0) is 60.6 Å². The van der Waals surface area contributed by atoms with Gasteiger partial charge in [0.2, 0.25) is 0 Å². The van der Waals surface area contributed by atoms with Crippen LogP contribution in [0.25, 0.3) is 10.4 Å². The summed E-state index contributed by atoms with van der Waals surface area (Å²) in [6, 6.07) is 6.98. The number of halogens is 3. The van der Waals surface area contributed by atoms with Gasteiger partial charge in [0, 0.05) is 17.5 Å². The molecule has 0 spiro atoms. The van der Waals surface area contributed by atoms with Crippen molar-refractivity contribution < 1.29 is 27.8 Å². The Morgan fingerprint density at radius 2 is 1.83 bits per heavy atom. The molecule has 0 atom stereocenters. The van der Waals surface area contributed by atoms with Gasteiger partial charge in [-0.25, -0.2) is 13.2 Å². The molecule has 0 saturated heterocycles. The number of hydrogen-bond donors (Lipinski definition) is 1. The van der Waals surface area contributed by atoms with E-state index in [0.717, 1.165) is 29.2 Å². The van der Waals surface area contributed by atoms with Crippen molar-refractivity contribution >= 4 is 17.5 Å².